The molecule has 4 rings (SSSR count). The number of nitrogens with one attached hydrogen (secondary N) is 2. The number of aromatic nitrogens is 1. The molecule has 1 aromatic heterocycles. The summed E-state index contributed by atoms with van der Waals surface area (Å²) in [7, 11) is 0. The summed E-state index contributed by atoms with van der Waals surface area (Å²) in [5.41, 5.74) is 3.39. The van der Waals surface area contributed by atoms with E-state index < -0.39 is 12.0 Å². The number of amides is 3. The third kappa shape index (κ3) is 6.95. The second kappa shape index (κ2) is 12.2. The topological polar surface area (TPSA) is 113 Å². The minimum absolute atomic E-state index is 0.0231. The Kier molecular flexibility index (Phi) is 8.56. The SMILES string of the molecule is O=C(C[C@@H](CC1CCCC1)C(=O)N1N=CC[C@H]1C(=O)Nc1ccccn1)NOCc1ccccc1. The van der Waals surface area contributed by atoms with Gasteiger partial charge in [-0.1, -0.05) is 62.1 Å². The molecule has 0 radical (unpaired) electrons. The minimum Gasteiger partial charge on any atom is -0.309 e. The maximum absolute atomic E-state index is 13.5. The van der Waals surface area contributed by atoms with Crippen LogP contribution in [0.5, 0.6) is 0 Å². The molecular weight excluding hydrogens is 446 g/mol. The van der Waals surface area contributed by atoms with Crippen molar-refractivity contribution in [2.45, 2.75) is 57.6 Å². The number of hydroxylamine groups is 1. The van der Waals surface area contributed by atoms with E-state index in [1.807, 2.05) is 30.3 Å². The van der Waals surface area contributed by atoms with Gasteiger partial charge in [0, 0.05) is 31.2 Å². The zero-order valence-electron chi connectivity index (χ0n) is 19.6. The molecule has 1 saturated carbocycles. The fourth-order valence-corrected chi connectivity index (χ4v) is 4.64. The molecule has 3 amide bonds. The highest BCUT2D eigenvalue weighted by Crippen LogP contribution is 2.33. The van der Waals surface area contributed by atoms with Crippen molar-refractivity contribution < 1.29 is 19.2 Å². The van der Waals surface area contributed by atoms with Crippen molar-refractivity contribution in [2.24, 2.45) is 16.9 Å². The number of hydrogen-bond donors (Lipinski definition) is 2. The molecule has 0 spiro atoms. The van der Waals surface area contributed by atoms with Crippen LogP contribution in [0, 0.1) is 11.8 Å². The smallest absolute Gasteiger partial charge is 0.250 e. The Labute approximate surface area is 204 Å². The molecule has 2 aromatic rings. The van der Waals surface area contributed by atoms with Crippen LogP contribution in [-0.4, -0.2) is 40.0 Å². The first kappa shape index (κ1) is 24.5. The van der Waals surface area contributed by atoms with Crippen LogP contribution in [-0.2, 0) is 25.8 Å². The summed E-state index contributed by atoms with van der Waals surface area (Å²) in [6, 6.07) is 13.9. The number of pyridine rings is 1. The van der Waals surface area contributed by atoms with Gasteiger partial charge in [0.1, 0.15) is 11.9 Å². The monoisotopic (exact) mass is 477 g/mol. The number of carbonyl (C=O) groups excluding carboxylic acids is 3. The lowest BCUT2D eigenvalue weighted by molar-refractivity contribution is -0.146. The van der Waals surface area contributed by atoms with Crippen molar-refractivity contribution in [2.75, 3.05) is 5.32 Å². The van der Waals surface area contributed by atoms with Gasteiger partial charge in [-0.15, -0.1) is 0 Å². The highest BCUT2D eigenvalue weighted by Gasteiger charge is 2.38. The first-order valence-corrected chi connectivity index (χ1v) is 12.1. The van der Waals surface area contributed by atoms with Crippen molar-refractivity contribution in [1.29, 1.82) is 0 Å². The Balaban J connectivity index is 1.38. The van der Waals surface area contributed by atoms with Crippen molar-refractivity contribution >= 4 is 29.8 Å². The van der Waals surface area contributed by atoms with Gasteiger partial charge in [-0.3, -0.25) is 19.2 Å². The Hall–Kier alpha value is -3.59. The van der Waals surface area contributed by atoms with E-state index in [4.69, 9.17) is 4.84 Å². The standard InChI is InChI=1S/C26H31N5O4/c32-24(30-35-18-20-10-2-1-3-11-20)17-21(16-19-8-4-5-9-19)26(34)31-22(13-15-28-31)25(33)29-23-12-6-7-14-27-23/h1-3,6-7,10-12,14-15,19,21-22H,4-5,8-9,13,16-18H2,(H,30,32)(H,27,29,33)/t21-,22+/m1/s1. The van der Waals surface area contributed by atoms with Crippen LogP contribution >= 0.6 is 0 Å². The number of hydrogen-bond acceptors (Lipinski definition) is 6. The van der Waals surface area contributed by atoms with E-state index in [9.17, 15) is 14.4 Å². The lowest BCUT2D eigenvalue weighted by atomic mass is 9.89. The van der Waals surface area contributed by atoms with Crippen molar-refractivity contribution in [3.8, 4) is 0 Å². The van der Waals surface area contributed by atoms with Crippen LogP contribution in [0.15, 0.2) is 59.8 Å². The molecule has 0 bridgehead atoms. The summed E-state index contributed by atoms with van der Waals surface area (Å²) in [6.07, 6.45) is 8.38. The molecule has 9 heteroatoms. The van der Waals surface area contributed by atoms with E-state index in [2.05, 4.69) is 20.9 Å². The quantitative estimate of drug-likeness (QED) is 0.509. The zero-order valence-corrected chi connectivity index (χ0v) is 19.6. The summed E-state index contributed by atoms with van der Waals surface area (Å²) in [6.45, 7) is 0.236. The summed E-state index contributed by atoms with van der Waals surface area (Å²) in [5, 5.41) is 8.17. The van der Waals surface area contributed by atoms with Gasteiger partial charge in [-0.05, 0) is 30.0 Å². The zero-order chi connectivity index (χ0) is 24.5. The lowest BCUT2D eigenvalue weighted by Gasteiger charge is -2.27. The molecule has 1 fully saturated rings. The van der Waals surface area contributed by atoms with Crippen LogP contribution in [0.2, 0.25) is 0 Å². The highest BCUT2D eigenvalue weighted by molar-refractivity contribution is 5.99. The molecule has 35 heavy (non-hydrogen) atoms. The first-order valence-electron chi connectivity index (χ1n) is 12.1. The maximum atomic E-state index is 13.5. The predicted molar refractivity (Wildman–Crippen MR) is 131 cm³/mol. The number of rotatable bonds is 10. The molecule has 184 valence electrons. The largest absolute Gasteiger partial charge is 0.309 e. The average Bonchev–Trinajstić information content (AvgIpc) is 3.57. The molecule has 2 N–H and O–H groups in total. The molecule has 1 aliphatic heterocycles. The van der Waals surface area contributed by atoms with Crippen LogP contribution in [0.1, 0.15) is 50.5 Å². The predicted octanol–water partition coefficient (Wildman–Crippen LogP) is 3.44. The average molecular weight is 478 g/mol. The molecular formula is C26H31N5O4. The molecule has 2 atom stereocenters. The summed E-state index contributed by atoms with van der Waals surface area (Å²) in [5.74, 6) is -0.827. The van der Waals surface area contributed by atoms with Gasteiger partial charge in [0.25, 0.3) is 5.91 Å². The molecule has 0 unspecified atom stereocenters. The number of carbonyl (C=O) groups is 3. The summed E-state index contributed by atoms with van der Waals surface area (Å²) < 4.78 is 0. The Morgan fingerprint density at radius 3 is 2.57 bits per heavy atom. The fraction of sp³-hybridized carbons (Fsp3) is 0.423. The van der Waals surface area contributed by atoms with E-state index in [1.54, 1.807) is 30.6 Å². The Morgan fingerprint density at radius 2 is 1.83 bits per heavy atom. The highest BCUT2D eigenvalue weighted by atomic mass is 16.6. The van der Waals surface area contributed by atoms with Gasteiger partial charge in [-0.2, -0.15) is 5.10 Å². The summed E-state index contributed by atoms with van der Waals surface area (Å²) >= 11 is 0. The normalized spacial score (nSPS) is 18.4. The van der Waals surface area contributed by atoms with E-state index in [0.717, 1.165) is 31.2 Å². The van der Waals surface area contributed by atoms with E-state index in [-0.39, 0.29) is 30.7 Å². The van der Waals surface area contributed by atoms with E-state index in [0.29, 0.717) is 24.6 Å². The third-order valence-corrected chi connectivity index (χ3v) is 6.42. The van der Waals surface area contributed by atoms with E-state index in [1.165, 1.54) is 5.01 Å². The van der Waals surface area contributed by atoms with Gasteiger partial charge < -0.3 is 5.32 Å². The number of benzene rings is 1. The molecule has 0 saturated heterocycles. The number of anilines is 1. The van der Waals surface area contributed by atoms with Crippen LogP contribution in [0.25, 0.3) is 0 Å². The first-order chi connectivity index (χ1) is 17.1. The van der Waals surface area contributed by atoms with E-state index >= 15 is 0 Å². The van der Waals surface area contributed by atoms with Gasteiger partial charge in [0.05, 0.1) is 6.61 Å². The third-order valence-electron chi connectivity index (χ3n) is 6.42. The van der Waals surface area contributed by atoms with Crippen LogP contribution in [0.4, 0.5) is 5.82 Å². The Morgan fingerprint density at radius 1 is 1.06 bits per heavy atom. The number of nitrogens with zero attached hydrogens (tertiary/aromatic N) is 3. The molecule has 9 nitrogen and oxygen atoms in total. The Bertz CT molecular complexity index is 1020. The maximum Gasteiger partial charge on any atom is 0.250 e. The molecule has 2 aliphatic rings. The summed E-state index contributed by atoms with van der Waals surface area (Å²) in [4.78, 5) is 48.5. The second-order valence-corrected chi connectivity index (χ2v) is 9.02. The van der Waals surface area contributed by atoms with Crippen molar-refractivity contribution in [3.63, 3.8) is 0 Å². The fourth-order valence-electron chi connectivity index (χ4n) is 4.64. The van der Waals surface area contributed by atoms with Crippen LogP contribution in [0.3, 0.4) is 0 Å². The number of hydrazone groups is 1. The lowest BCUT2D eigenvalue weighted by Crippen LogP contribution is -2.45. The second-order valence-electron chi connectivity index (χ2n) is 9.02. The molecule has 1 aromatic carbocycles. The van der Waals surface area contributed by atoms with Gasteiger partial charge in [-0.25, -0.2) is 15.5 Å². The van der Waals surface area contributed by atoms with Crippen molar-refractivity contribution in [3.05, 3.63) is 60.3 Å². The minimum atomic E-state index is -0.770. The van der Waals surface area contributed by atoms with Crippen LogP contribution < -0.4 is 10.8 Å². The van der Waals surface area contributed by atoms with Gasteiger partial charge >= 0.3 is 0 Å². The van der Waals surface area contributed by atoms with Crippen molar-refractivity contribution in [1.82, 2.24) is 15.5 Å². The molecule has 1 aliphatic carbocycles. The van der Waals surface area contributed by atoms with Gasteiger partial charge in [0.15, 0.2) is 0 Å². The molecule has 2 heterocycles. The van der Waals surface area contributed by atoms with Gasteiger partial charge in [0.2, 0.25) is 11.8 Å².